The Balaban J connectivity index is 1.25. The number of hydrogen-bond acceptors (Lipinski definition) is 2. The zero-order valence-corrected chi connectivity index (χ0v) is 19.1. The van der Waals surface area contributed by atoms with Crippen molar-refractivity contribution in [3.8, 4) is 11.1 Å². The second-order valence-electron chi connectivity index (χ2n) is 9.02. The minimum absolute atomic E-state index is 0.113. The molecule has 0 N–H and O–H groups in total. The van der Waals surface area contributed by atoms with Gasteiger partial charge in [-0.15, -0.1) is 0 Å². The molecule has 0 amide bonds. The summed E-state index contributed by atoms with van der Waals surface area (Å²) in [6.45, 7) is 0.574. The molecule has 1 heterocycles. The monoisotopic (exact) mass is 464 g/mol. The number of rotatable bonds is 7. The first-order chi connectivity index (χ1) is 16.5. The maximum atomic E-state index is 14.8. The normalized spacial score (nSPS) is 19.7. The predicted octanol–water partition coefficient (Wildman–Crippen LogP) is 7.21. The first-order valence-corrected chi connectivity index (χ1v) is 11.7. The van der Waals surface area contributed by atoms with E-state index >= 15 is 0 Å². The number of methoxy groups -OCH3 is 1. The van der Waals surface area contributed by atoms with Gasteiger partial charge in [0.05, 0.1) is 12.7 Å². The molecule has 2 aliphatic rings. The van der Waals surface area contributed by atoms with Crippen LogP contribution in [0.4, 0.5) is 13.2 Å². The first kappa shape index (κ1) is 22.9. The third-order valence-electron chi connectivity index (χ3n) is 6.86. The fraction of sp³-hybridized carbons (Fsp3) is 0.310. The summed E-state index contributed by atoms with van der Waals surface area (Å²) in [6.07, 6.45) is 5.19. The molecule has 3 aromatic rings. The fourth-order valence-corrected chi connectivity index (χ4v) is 4.64. The minimum atomic E-state index is -0.767. The van der Waals surface area contributed by atoms with E-state index in [0.29, 0.717) is 42.6 Å². The smallest absolute Gasteiger partial charge is 0.166 e. The molecule has 1 aliphatic carbocycles. The van der Waals surface area contributed by atoms with Gasteiger partial charge in [-0.25, -0.2) is 13.2 Å². The molecule has 176 valence electrons. The summed E-state index contributed by atoms with van der Waals surface area (Å²) in [7, 11) is 1.67. The standard InChI is InChI=1S/C29H27F3O2/c1-33-23-12-8-20(9-13-23)24-14-10-21(28(31)29(24)32)7-4-18-2-5-19(6-3-18)22-11-15-25(26(30)16-22)27-17-34-27/h2-3,5-6,8,10-11,14-16,23,27H,4,7,9,12-13,17H2,1H3. The predicted molar refractivity (Wildman–Crippen MR) is 127 cm³/mol. The van der Waals surface area contributed by atoms with E-state index in [4.69, 9.17) is 9.47 Å². The van der Waals surface area contributed by atoms with Crippen LogP contribution in [0.5, 0.6) is 0 Å². The van der Waals surface area contributed by atoms with Crippen molar-refractivity contribution in [1.29, 1.82) is 0 Å². The third kappa shape index (κ3) is 4.82. The minimum Gasteiger partial charge on any atom is -0.381 e. The Morgan fingerprint density at radius 1 is 0.912 bits per heavy atom. The number of allylic oxidation sites excluding steroid dienone is 1. The van der Waals surface area contributed by atoms with E-state index in [-0.39, 0.29) is 18.0 Å². The Kier molecular flexibility index (Phi) is 6.57. The Morgan fingerprint density at radius 3 is 2.32 bits per heavy atom. The van der Waals surface area contributed by atoms with Crippen LogP contribution in [0, 0.1) is 17.5 Å². The van der Waals surface area contributed by atoms with Crippen molar-refractivity contribution in [1.82, 2.24) is 0 Å². The van der Waals surface area contributed by atoms with Gasteiger partial charge in [-0.05, 0) is 66.0 Å². The molecule has 0 spiro atoms. The summed E-state index contributed by atoms with van der Waals surface area (Å²) in [5.41, 5.74) is 4.88. The van der Waals surface area contributed by atoms with Crippen LogP contribution in [-0.2, 0) is 22.3 Å². The van der Waals surface area contributed by atoms with Crippen LogP contribution in [-0.4, -0.2) is 19.8 Å². The van der Waals surface area contributed by atoms with Crippen molar-refractivity contribution >= 4 is 5.57 Å². The van der Waals surface area contributed by atoms with Crippen molar-refractivity contribution in [3.63, 3.8) is 0 Å². The summed E-state index contributed by atoms with van der Waals surface area (Å²) < 4.78 is 54.4. The molecule has 5 heteroatoms. The quantitative estimate of drug-likeness (QED) is 0.345. The van der Waals surface area contributed by atoms with Gasteiger partial charge >= 0.3 is 0 Å². The van der Waals surface area contributed by atoms with Gasteiger partial charge in [0, 0.05) is 18.2 Å². The molecule has 1 fully saturated rings. The lowest BCUT2D eigenvalue weighted by atomic mass is 9.90. The molecular weight excluding hydrogens is 437 g/mol. The summed E-state index contributed by atoms with van der Waals surface area (Å²) >= 11 is 0. The molecule has 0 radical (unpaired) electrons. The van der Waals surface area contributed by atoms with Crippen molar-refractivity contribution in [2.45, 2.75) is 44.3 Å². The highest BCUT2D eigenvalue weighted by Crippen LogP contribution is 2.34. The van der Waals surface area contributed by atoms with Gasteiger partial charge in [0.1, 0.15) is 11.9 Å². The molecule has 0 aromatic heterocycles. The maximum absolute atomic E-state index is 14.8. The summed E-state index contributed by atoms with van der Waals surface area (Å²) in [5, 5.41) is 0. The lowest BCUT2D eigenvalue weighted by Gasteiger charge is -2.21. The van der Waals surface area contributed by atoms with Crippen LogP contribution < -0.4 is 0 Å². The van der Waals surface area contributed by atoms with E-state index in [1.54, 1.807) is 25.3 Å². The zero-order chi connectivity index (χ0) is 23.7. The highest BCUT2D eigenvalue weighted by Gasteiger charge is 2.27. The third-order valence-corrected chi connectivity index (χ3v) is 6.86. The van der Waals surface area contributed by atoms with Crippen LogP contribution in [0.1, 0.15) is 47.6 Å². The number of ether oxygens (including phenoxy) is 2. The SMILES string of the molecule is COC1CC=C(c2ccc(CCc3ccc(-c4ccc(C5CO5)c(F)c4)cc3)c(F)c2F)CC1. The molecule has 2 atom stereocenters. The largest absolute Gasteiger partial charge is 0.381 e. The highest BCUT2D eigenvalue weighted by molar-refractivity contribution is 5.67. The Hall–Kier alpha value is -2.89. The molecule has 2 unspecified atom stereocenters. The van der Waals surface area contributed by atoms with Crippen molar-refractivity contribution in [2.24, 2.45) is 0 Å². The Morgan fingerprint density at radius 2 is 1.68 bits per heavy atom. The highest BCUT2D eigenvalue weighted by atomic mass is 19.2. The van der Waals surface area contributed by atoms with Crippen LogP contribution in [0.15, 0.2) is 60.7 Å². The molecule has 2 nitrogen and oxygen atoms in total. The fourth-order valence-electron chi connectivity index (χ4n) is 4.64. The van der Waals surface area contributed by atoms with Gasteiger partial charge in [0.15, 0.2) is 11.6 Å². The molecular formula is C29H27F3O2. The van der Waals surface area contributed by atoms with Crippen LogP contribution in [0.2, 0.25) is 0 Å². The number of aryl methyl sites for hydroxylation is 2. The van der Waals surface area contributed by atoms with E-state index in [2.05, 4.69) is 0 Å². The van der Waals surface area contributed by atoms with Gasteiger partial charge in [0.25, 0.3) is 0 Å². The second kappa shape index (κ2) is 9.77. The summed E-state index contributed by atoms with van der Waals surface area (Å²) in [4.78, 5) is 0. The topological polar surface area (TPSA) is 21.8 Å². The van der Waals surface area contributed by atoms with Gasteiger partial charge < -0.3 is 9.47 Å². The van der Waals surface area contributed by atoms with E-state index in [1.165, 1.54) is 6.07 Å². The van der Waals surface area contributed by atoms with Crippen molar-refractivity contribution < 1.29 is 22.6 Å². The van der Waals surface area contributed by atoms with Gasteiger partial charge in [-0.1, -0.05) is 54.6 Å². The van der Waals surface area contributed by atoms with Gasteiger partial charge in [-0.3, -0.25) is 0 Å². The van der Waals surface area contributed by atoms with Crippen LogP contribution in [0.25, 0.3) is 16.7 Å². The van der Waals surface area contributed by atoms with E-state index in [0.717, 1.165) is 35.1 Å². The molecule has 0 bridgehead atoms. The Labute approximate surface area is 198 Å². The lowest BCUT2D eigenvalue weighted by molar-refractivity contribution is 0.0964. The average molecular weight is 465 g/mol. The van der Waals surface area contributed by atoms with E-state index < -0.39 is 11.6 Å². The number of benzene rings is 3. The summed E-state index contributed by atoms with van der Waals surface area (Å²) in [5.74, 6) is -1.79. The molecule has 5 rings (SSSR count). The van der Waals surface area contributed by atoms with Crippen LogP contribution in [0.3, 0.4) is 0 Å². The number of epoxide rings is 1. The van der Waals surface area contributed by atoms with Crippen LogP contribution >= 0.6 is 0 Å². The van der Waals surface area contributed by atoms with Crippen molar-refractivity contribution in [2.75, 3.05) is 13.7 Å². The van der Waals surface area contributed by atoms with Gasteiger partial charge in [0.2, 0.25) is 0 Å². The first-order valence-electron chi connectivity index (χ1n) is 11.7. The molecule has 3 aromatic carbocycles. The van der Waals surface area contributed by atoms with E-state index in [9.17, 15) is 13.2 Å². The van der Waals surface area contributed by atoms with Gasteiger partial charge in [-0.2, -0.15) is 0 Å². The second-order valence-corrected chi connectivity index (χ2v) is 9.02. The molecule has 34 heavy (non-hydrogen) atoms. The maximum Gasteiger partial charge on any atom is 0.166 e. The molecule has 0 saturated carbocycles. The number of halogens is 3. The zero-order valence-electron chi connectivity index (χ0n) is 19.1. The summed E-state index contributed by atoms with van der Waals surface area (Å²) in [6, 6.07) is 16.4. The number of hydrogen-bond donors (Lipinski definition) is 0. The Bertz CT molecular complexity index is 1210. The van der Waals surface area contributed by atoms with Crippen molar-refractivity contribution in [3.05, 3.63) is 100 Å². The lowest BCUT2D eigenvalue weighted by Crippen LogP contribution is -2.14. The molecule has 1 saturated heterocycles. The molecule has 1 aliphatic heterocycles. The average Bonchev–Trinajstić information content (AvgIpc) is 3.71. The van der Waals surface area contributed by atoms with E-state index in [1.807, 2.05) is 36.4 Å².